The molecule has 0 aliphatic carbocycles. The molecule has 0 radical (unpaired) electrons. The Morgan fingerprint density at radius 1 is 1.14 bits per heavy atom. The highest BCUT2D eigenvalue weighted by molar-refractivity contribution is 5.79. The molecule has 3 aromatic rings. The normalized spacial score (nSPS) is 13.7. The topological polar surface area (TPSA) is 108 Å². The molecule has 1 unspecified atom stereocenters. The summed E-state index contributed by atoms with van der Waals surface area (Å²) in [6.45, 7) is 5.27. The standard InChI is InChI=1S/C21H26N6O2/c1-3-22-20(25-15-21(2,28)16-9-5-4-6-10-16)24-14-12-18-26-19(29-27-18)17-11-7-8-13-23-17/h4-11,13,28H,3,12,14-15H2,1-2H3,(H2,22,24,25). The number of aliphatic imine (C=N–C) groups is 1. The van der Waals surface area contributed by atoms with E-state index in [2.05, 4.69) is 30.8 Å². The van der Waals surface area contributed by atoms with E-state index < -0.39 is 5.60 Å². The fourth-order valence-electron chi connectivity index (χ4n) is 2.70. The van der Waals surface area contributed by atoms with Crippen LogP contribution in [0.2, 0.25) is 0 Å². The van der Waals surface area contributed by atoms with Crippen LogP contribution in [0, 0.1) is 0 Å². The summed E-state index contributed by atoms with van der Waals surface area (Å²) in [5.41, 5.74) is 0.431. The van der Waals surface area contributed by atoms with Crippen LogP contribution in [0.4, 0.5) is 0 Å². The van der Waals surface area contributed by atoms with E-state index >= 15 is 0 Å². The fourth-order valence-corrected chi connectivity index (χ4v) is 2.70. The highest BCUT2D eigenvalue weighted by Gasteiger charge is 2.22. The van der Waals surface area contributed by atoms with Crippen molar-refractivity contribution in [1.29, 1.82) is 0 Å². The average Bonchev–Trinajstić information content (AvgIpc) is 3.22. The lowest BCUT2D eigenvalue weighted by Crippen LogP contribution is -2.39. The average molecular weight is 394 g/mol. The van der Waals surface area contributed by atoms with E-state index in [0.717, 1.165) is 5.56 Å². The molecule has 2 aromatic heterocycles. The number of hydrogen-bond donors (Lipinski definition) is 3. The van der Waals surface area contributed by atoms with Gasteiger partial charge in [-0.15, -0.1) is 0 Å². The zero-order valence-corrected chi connectivity index (χ0v) is 16.7. The summed E-state index contributed by atoms with van der Waals surface area (Å²) in [6, 6.07) is 15.0. The maximum atomic E-state index is 10.7. The molecule has 3 N–H and O–H groups in total. The largest absolute Gasteiger partial charge is 0.384 e. The van der Waals surface area contributed by atoms with Crippen molar-refractivity contribution in [3.05, 3.63) is 66.1 Å². The molecule has 8 heteroatoms. The lowest BCUT2D eigenvalue weighted by Gasteiger charge is -2.22. The molecule has 0 bridgehead atoms. The van der Waals surface area contributed by atoms with Crippen molar-refractivity contribution in [1.82, 2.24) is 25.8 Å². The van der Waals surface area contributed by atoms with Crippen LogP contribution in [0.3, 0.4) is 0 Å². The third-order valence-corrected chi connectivity index (χ3v) is 4.28. The molecule has 0 aliphatic rings. The maximum Gasteiger partial charge on any atom is 0.276 e. The second-order valence-electron chi connectivity index (χ2n) is 6.74. The molecular formula is C21H26N6O2. The van der Waals surface area contributed by atoms with Gasteiger partial charge in [-0.2, -0.15) is 4.98 Å². The van der Waals surface area contributed by atoms with Gasteiger partial charge in [0.1, 0.15) is 11.3 Å². The van der Waals surface area contributed by atoms with E-state index in [4.69, 9.17) is 4.52 Å². The van der Waals surface area contributed by atoms with Crippen molar-refractivity contribution in [3.63, 3.8) is 0 Å². The number of guanidine groups is 1. The van der Waals surface area contributed by atoms with Crippen molar-refractivity contribution < 1.29 is 9.63 Å². The monoisotopic (exact) mass is 394 g/mol. The van der Waals surface area contributed by atoms with E-state index in [9.17, 15) is 5.11 Å². The number of nitrogens with one attached hydrogen (secondary N) is 2. The first kappa shape index (κ1) is 20.5. The molecule has 1 aromatic carbocycles. The third kappa shape index (κ3) is 5.86. The van der Waals surface area contributed by atoms with Crippen molar-refractivity contribution in [2.24, 2.45) is 4.99 Å². The molecule has 0 amide bonds. The van der Waals surface area contributed by atoms with Crippen LogP contribution in [0.5, 0.6) is 0 Å². The SMILES string of the molecule is CCNC(=NCC(C)(O)c1ccccc1)NCCc1noc(-c2ccccn2)n1. The summed E-state index contributed by atoms with van der Waals surface area (Å²) in [6.07, 6.45) is 2.25. The Morgan fingerprint density at radius 2 is 1.93 bits per heavy atom. The van der Waals surface area contributed by atoms with Gasteiger partial charge in [0.2, 0.25) is 0 Å². The predicted molar refractivity (Wildman–Crippen MR) is 111 cm³/mol. The van der Waals surface area contributed by atoms with Crippen LogP contribution >= 0.6 is 0 Å². The van der Waals surface area contributed by atoms with E-state index in [1.54, 1.807) is 13.1 Å². The van der Waals surface area contributed by atoms with Gasteiger partial charge >= 0.3 is 0 Å². The minimum absolute atomic E-state index is 0.235. The Labute approximate surface area is 170 Å². The molecule has 152 valence electrons. The van der Waals surface area contributed by atoms with Gasteiger partial charge in [0.15, 0.2) is 11.8 Å². The molecule has 3 rings (SSSR count). The number of aliphatic hydroxyl groups is 1. The van der Waals surface area contributed by atoms with Crippen LogP contribution in [0.15, 0.2) is 64.2 Å². The van der Waals surface area contributed by atoms with Gasteiger partial charge < -0.3 is 20.3 Å². The zero-order valence-electron chi connectivity index (χ0n) is 16.7. The molecule has 29 heavy (non-hydrogen) atoms. The lowest BCUT2D eigenvalue weighted by atomic mass is 9.96. The van der Waals surface area contributed by atoms with Crippen LogP contribution in [-0.4, -0.2) is 45.8 Å². The Balaban J connectivity index is 1.56. The molecule has 0 aliphatic heterocycles. The van der Waals surface area contributed by atoms with Gasteiger partial charge in [0.25, 0.3) is 5.89 Å². The third-order valence-electron chi connectivity index (χ3n) is 4.28. The van der Waals surface area contributed by atoms with Gasteiger partial charge in [-0.05, 0) is 31.5 Å². The Bertz CT molecular complexity index is 909. The van der Waals surface area contributed by atoms with Gasteiger partial charge in [0, 0.05) is 25.7 Å². The van der Waals surface area contributed by atoms with E-state index in [0.29, 0.717) is 42.9 Å². The Kier molecular flexibility index (Phi) is 6.91. The summed E-state index contributed by atoms with van der Waals surface area (Å²) < 4.78 is 5.27. The van der Waals surface area contributed by atoms with Gasteiger partial charge in [0.05, 0.1) is 6.54 Å². The number of rotatable bonds is 8. The van der Waals surface area contributed by atoms with Crippen LogP contribution in [0.25, 0.3) is 11.6 Å². The van der Waals surface area contributed by atoms with Crippen molar-refractivity contribution >= 4 is 5.96 Å². The van der Waals surface area contributed by atoms with E-state index in [1.165, 1.54) is 0 Å². The fraction of sp³-hybridized carbons (Fsp3) is 0.333. The van der Waals surface area contributed by atoms with Crippen LogP contribution in [0.1, 0.15) is 25.2 Å². The van der Waals surface area contributed by atoms with Gasteiger partial charge in [-0.1, -0.05) is 41.6 Å². The van der Waals surface area contributed by atoms with Gasteiger partial charge in [-0.3, -0.25) is 4.98 Å². The second-order valence-corrected chi connectivity index (χ2v) is 6.74. The first-order valence-corrected chi connectivity index (χ1v) is 9.62. The highest BCUT2D eigenvalue weighted by atomic mass is 16.5. The number of hydrogen-bond acceptors (Lipinski definition) is 6. The quantitative estimate of drug-likeness (QED) is 0.397. The smallest absolute Gasteiger partial charge is 0.276 e. The molecule has 1 atom stereocenters. The van der Waals surface area contributed by atoms with Crippen molar-refractivity contribution in [2.45, 2.75) is 25.9 Å². The number of pyridine rings is 1. The zero-order chi connectivity index (χ0) is 20.5. The van der Waals surface area contributed by atoms with Gasteiger partial charge in [-0.25, -0.2) is 4.99 Å². The first-order chi connectivity index (χ1) is 14.1. The van der Waals surface area contributed by atoms with Crippen LogP contribution in [-0.2, 0) is 12.0 Å². The lowest BCUT2D eigenvalue weighted by molar-refractivity contribution is 0.0672. The predicted octanol–water partition coefficient (Wildman–Crippen LogP) is 2.14. The molecule has 0 saturated carbocycles. The summed E-state index contributed by atoms with van der Waals surface area (Å²) in [5, 5.41) is 21.1. The first-order valence-electron chi connectivity index (χ1n) is 9.62. The highest BCUT2D eigenvalue weighted by Crippen LogP contribution is 2.20. The Morgan fingerprint density at radius 3 is 2.66 bits per heavy atom. The van der Waals surface area contributed by atoms with E-state index in [1.807, 2.05) is 55.5 Å². The molecule has 2 heterocycles. The number of benzene rings is 1. The molecule has 8 nitrogen and oxygen atoms in total. The minimum Gasteiger partial charge on any atom is -0.384 e. The number of nitrogens with zero attached hydrogens (tertiary/aromatic N) is 4. The molecule has 0 spiro atoms. The summed E-state index contributed by atoms with van der Waals surface area (Å²) in [7, 11) is 0. The molecular weight excluding hydrogens is 368 g/mol. The van der Waals surface area contributed by atoms with Crippen LogP contribution < -0.4 is 10.6 Å². The van der Waals surface area contributed by atoms with Crippen molar-refractivity contribution in [2.75, 3.05) is 19.6 Å². The summed E-state index contributed by atoms with van der Waals surface area (Å²) in [5.74, 6) is 1.61. The minimum atomic E-state index is -1.05. The molecule has 0 fully saturated rings. The Hall–Kier alpha value is -3.26. The van der Waals surface area contributed by atoms with Crippen molar-refractivity contribution in [3.8, 4) is 11.6 Å². The maximum absolute atomic E-state index is 10.7. The summed E-state index contributed by atoms with van der Waals surface area (Å²) >= 11 is 0. The number of aromatic nitrogens is 3. The summed E-state index contributed by atoms with van der Waals surface area (Å²) in [4.78, 5) is 13.1. The van der Waals surface area contributed by atoms with E-state index in [-0.39, 0.29) is 6.54 Å². The molecule has 0 saturated heterocycles. The second kappa shape index (κ2) is 9.79.